The Kier molecular flexibility index (Phi) is 4.15. The van der Waals surface area contributed by atoms with Gasteiger partial charge in [-0.2, -0.15) is 5.26 Å². The fraction of sp³-hybridized carbons (Fsp3) is 0.188. The summed E-state index contributed by atoms with van der Waals surface area (Å²) in [6.07, 6.45) is 0.870. The van der Waals surface area contributed by atoms with Gasteiger partial charge in [-0.15, -0.1) is 0 Å². The van der Waals surface area contributed by atoms with E-state index in [0.29, 0.717) is 17.8 Å². The van der Waals surface area contributed by atoms with Crippen molar-refractivity contribution < 1.29 is 4.39 Å². The van der Waals surface area contributed by atoms with E-state index < -0.39 is 0 Å². The lowest BCUT2D eigenvalue weighted by Crippen LogP contribution is -2.07. The van der Waals surface area contributed by atoms with Crippen molar-refractivity contribution in [2.24, 2.45) is 0 Å². The van der Waals surface area contributed by atoms with E-state index in [-0.39, 0.29) is 5.82 Å². The lowest BCUT2D eigenvalue weighted by molar-refractivity contribution is 0.627. The summed E-state index contributed by atoms with van der Waals surface area (Å²) >= 11 is 0. The van der Waals surface area contributed by atoms with Crippen LogP contribution in [0.5, 0.6) is 0 Å². The maximum atomic E-state index is 13.0. The Morgan fingerprint density at radius 1 is 1.21 bits per heavy atom. The maximum Gasteiger partial charge on any atom is 0.124 e. The highest BCUT2D eigenvalue weighted by Gasteiger charge is 2.03. The quantitative estimate of drug-likeness (QED) is 0.903. The van der Waals surface area contributed by atoms with Crippen LogP contribution >= 0.6 is 0 Å². The minimum Gasteiger partial charge on any atom is -0.384 e. The van der Waals surface area contributed by atoms with E-state index in [4.69, 9.17) is 5.26 Å². The summed E-state index contributed by atoms with van der Waals surface area (Å²) in [5, 5.41) is 12.1. The van der Waals surface area contributed by atoms with Gasteiger partial charge in [-0.3, -0.25) is 0 Å². The number of nitriles is 1. The molecule has 2 nitrogen and oxygen atoms in total. The Morgan fingerprint density at radius 3 is 2.74 bits per heavy atom. The van der Waals surface area contributed by atoms with Crippen LogP contribution in [0.1, 0.15) is 16.7 Å². The third-order valence-electron chi connectivity index (χ3n) is 3.07. The van der Waals surface area contributed by atoms with Crippen LogP contribution in [-0.4, -0.2) is 6.54 Å². The van der Waals surface area contributed by atoms with Gasteiger partial charge in [-0.1, -0.05) is 24.3 Å². The second-order valence-electron chi connectivity index (χ2n) is 4.40. The molecule has 0 aliphatic heterocycles. The summed E-state index contributed by atoms with van der Waals surface area (Å²) in [6, 6.07) is 14.4. The van der Waals surface area contributed by atoms with Gasteiger partial charge in [0.1, 0.15) is 11.9 Å². The summed E-state index contributed by atoms with van der Waals surface area (Å²) in [5.74, 6) is -0.388. The number of halogens is 1. The smallest absolute Gasteiger partial charge is 0.124 e. The molecule has 0 aliphatic carbocycles. The molecule has 0 heterocycles. The van der Waals surface area contributed by atoms with Crippen molar-refractivity contribution in [2.45, 2.75) is 13.3 Å². The van der Waals surface area contributed by atoms with Crippen LogP contribution in [0, 0.1) is 24.1 Å². The monoisotopic (exact) mass is 254 g/mol. The van der Waals surface area contributed by atoms with Crippen LogP contribution in [0.4, 0.5) is 10.1 Å². The summed E-state index contributed by atoms with van der Waals surface area (Å²) in [4.78, 5) is 0. The SMILES string of the molecule is Cc1ccccc1CCNc1ccc(F)cc1C#N. The van der Waals surface area contributed by atoms with Crippen molar-refractivity contribution in [1.29, 1.82) is 5.26 Å². The highest BCUT2D eigenvalue weighted by atomic mass is 19.1. The fourth-order valence-corrected chi connectivity index (χ4v) is 1.99. The van der Waals surface area contributed by atoms with Gasteiger partial charge in [0.05, 0.1) is 11.3 Å². The first-order valence-electron chi connectivity index (χ1n) is 6.19. The summed E-state index contributed by atoms with van der Waals surface area (Å²) in [7, 11) is 0. The molecule has 0 amide bonds. The normalized spacial score (nSPS) is 9.95. The zero-order chi connectivity index (χ0) is 13.7. The molecule has 0 spiro atoms. The molecule has 2 aromatic carbocycles. The van der Waals surface area contributed by atoms with Gasteiger partial charge in [0.25, 0.3) is 0 Å². The number of aryl methyl sites for hydroxylation is 1. The third-order valence-corrected chi connectivity index (χ3v) is 3.07. The largest absolute Gasteiger partial charge is 0.384 e. The molecule has 19 heavy (non-hydrogen) atoms. The minimum absolute atomic E-state index is 0.338. The van der Waals surface area contributed by atoms with E-state index >= 15 is 0 Å². The summed E-state index contributed by atoms with van der Waals surface area (Å²) in [6.45, 7) is 2.79. The molecular weight excluding hydrogens is 239 g/mol. The highest BCUT2D eigenvalue weighted by molar-refractivity contribution is 5.57. The molecule has 0 bridgehead atoms. The van der Waals surface area contributed by atoms with Gasteiger partial charge < -0.3 is 5.32 Å². The number of anilines is 1. The predicted molar refractivity (Wildman–Crippen MR) is 74.5 cm³/mol. The van der Waals surface area contributed by atoms with Crippen LogP contribution in [0.3, 0.4) is 0 Å². The molecule has 96 valence electrons. The van der Waals surface area contributed by atoms with Crippen molar-refractivity contribution in [3.63, 3.8) is 0 Å². The molecular formula is C16H15FN2. The zero-order valence-corrected chi connectivity index (χ0v) is 10.8. The minimum atomic E-state index is -0.388. The Hall–Kier alpha value is -2.34. The summed E-state index contributed by atoms with van der Waals surface area (Å²) in [5.41, 5.74) is 3.54. The number of hydrogen-bond donors (Lipinski definition) is 1. The van der Waals surface area contributed by atoms with Crippen LogP contribution in [0.25, 0.3) is 0 Å². The number of benzene rings is 2. The van der Waals surface area contributed by atoms with Gasteiger partial charge >= 0.3 is 0 Å². The first-order valence-corrected chi connectivity index (χ1v) is 6.19. The van der Waals surface area contributed by atoms with Gasteiger partial charge in [0.2, 0.25) is 0 Å². The Balaban J connectivity index is 2.01. The van der Waals surface area contributed by atoms with Crippen molar-refractivity contribution in [1.82, 2.24) is 0 Å². The molecule has 0 fully saturated rings. The Bertz CT molecular complexity index is 614. The molecule has 0 atom stereocenters. The second-order valence-corrected chi connectivity index (χ2v) is 4.40. The summed E-state index contributed by atoms with van der Waals surface area (Å²) < 4.78 is 13.0. The number of nitrogens with zero attached hydrogens (tertiary/aromatic N) is 1. The molecule has 0 saturated heterocycles. The predicted octanol–water partition coefficient (Wildman–Crippen LogP) is 3.66. The van der Waals surface area contributed by atoms with Gasteiger partial charge in [-0.05, 0) is 42.7 Å². The average Bonchev–Trinajstić information content (AvgIpc) is 2.42. The van der Waals surface area contributed by atoms with E-state index in [9.17, 15) is 4.39 Å². The first-order chi connectivity index (χ1) is 9.20. The van der Waals surface area contributed by atoms with Gasteiger partial charge in [0.15, 0.2) is 0 Å². The number of nitrogens with one attached hydrogen (secondary N) is 1. The first kappa shape index (κ1) is 13.1. The van der Waals surface area contributed by atoms with Crippen molar-refractivity contribution in [3.8, 4) is 6.07 Å². The Labute approximate surface area is 112 Å². The molecule has 0 radical (unpaired) electrons. The Morgan fingerprint density at radius 2 is 2.00 bits per heavy atom. The lowest BCUT2D eigenvalue weighted by atomic mass is 10.1. The molecule has 2 rings (SSSR count). The molecule has 3 heteroatoms. The zero-order valence-electron chi connectivity index (χ0n) is 10.8. The average molecular weight is 254 g/mol. The number of rotatable bonds is 4. The van der Waals surface area contributed by atoms with Crippen LogP contribution in [-0.2, 0) is 6.42 Å². The van der Waals surface area contributed by atoms with Crippen LogP contribution in [0.15, 0.2) is 42.5 Å². The molecule has 0 aromatic heterocycles. The van der Waals surface area contributed by atoms with E-state index in [2.05, 4.69) is 24.4 Å². The van der Waals surface area contributed by atoms with E-state index in [0.717, 1.165) is 6.42 Å². The molecule has 2 aromatic rings. The van der Waals surface area contributed by atoms with Gasteiger partial charge in [0, 0.05) is 6.54 Å². The molecule has 1 N–H and O–H groups in total. The highest BCUT2D eigenvalue weighted by Crippen LogP contribution is 2.16. The molecule has 0 saturated carbocycles. The standard InChI is InChI=1S/C16H15FN2/c1-12-4-2-3-5-13(12)8-9-19-16-7-6-15(17)10-14(16)11-18/h2-7,10,19H,8-9H2,1H3. The maximum absolute atomic E-state index is 13.0. The van der Waals surface area contributed by atoms with Crippen molar-refractivity contribution in [3.05, 3.63) is 65.0 Å². The second kappa shape index (κ2) is 6.01. The topological polar surface area (TPSA) is 35.8 Å². The van der Waals surface area contributed by atoms with Crippen molar-refractivity contribution in [2.75, 3.05) is 11.9 Å². The van der Waals surface area contributed by atoms with Crippen LogP contribution < -0.4 is 5.32 Å². The van der Waals surface area contributed by atoms with E-state index in [1.807, 2.05) is 18.2 Å². The van der Waals surface area contributed by atoms with Crippen LogP contribution in [0.2, 0.25) is 0 Å². The lowest BCUT2D eigenvalue weighted by Gasteiger charge is -2.09. The van der Waals surface area contributed by atoms with E-state index in [1.54, 1.807) is 6.07 Å². The number of hydrogen-bond acceptors (Lipinski definition) is 2. The van der Waals surface area contributed by atoms with Crippen molar-refractivity contribution >= 4 is 5.69 Å². The van der Waals surface area contributed by atoms with E-state index in [1.165, 1.54) is 23.3 Å². The van der Waals surface area contributed by atoms with Gasteiger partial charge in [-0.25, -0.2) is 4.39 Å². The third kappa shape index (κ3) is 3.32. The molecule has 0 unspecified atom stereocenters. The fourth-order valence-electron chi connectivity index (χ4n) is 1.99. The molecule has 0 aliphatic rings.